The molecule has 0 amide bonds. The van der Waals surface area contributed by atoms with Gasteiger partial charge in [-0.05, 0) is 18.2 Å². The molecule has 0 spiro atoms. The number of nitrogens with two attached hydrogens (primary N) is 2. The number of anilines is 2. The smallest absolute Gasteiger partial charge is 0.242 e. The van der Waals surface area contributed by atoms with Crippen LogP contribution in [0.15, 0.2) is 23.1 Å². The van der Waals surface area contributed by atoms with E-state index in [-0.39, 0.29) is 16.7 Å². The molecule has 0 fully saturated rings. The van der Waals surface area contributed by atoms with Gasteiger partial charge in [-0.3, -0.25) is 0 Å². The Morgan fingerprint density at radius 1 is 1.17 bits per heavy atom. The third kappa shape index (κ3) is 1.95. The summed E-state index contributed by atoms with van der Waals surface area (Å²) in [6.07, 6.45) is 0. The molecule has 0 radical (unpaired) electrons. The molecule has 7 nitrogen and oxygen atoms in total. The first-order chi connectivity index (χ1) is 8.32. The molecule has 1 heterocycles. The van der Waals surface area contributed by atoms with E-state index in [2.05, 4.69) is 9.97 Å². The van der Waals surface area contributed by atoms with Gasteiger partial charge in [0.05, 0.1) is 10.4 Å². The molecule has 0 saturated carbocycles. The van der Waals surface area contributed by atoms with Gasteiger partial charge in [0, 0.05) is 19.5 Å². The molecule has 0 bridgehead atoms. The molecule has 18 heavy (non-hydrogen) atoms. The Bertz CT molecular complexity index is 712. The average molecular weight is 267 g/mol. The quantitative estimate of drug-likeness (QED) is 0.794. The first-order valence-corrected chi connectivity index (χ1v) is 6.51. The van der Waals surface area contributed by atoms with Crippen LogP contribution in [-0.4, -0.2) is 36.8 Å². The summed E-state index contributed by atoms with van der Waals surface area (Å²) in [7, 11) is -0.583. The van der Waals surface area contributed by atoms with Crippen molar-refractivity contribution >= 4 is 32.7 Å². The number of sulfonamides is 1. The Morgan fingerprint density at radius 3 is 2.44 bits per heavy atom. The summed E-state index contributed by atoms with van der Waals surface area (Å²) in [5.41, 5.74) is 11.7. The highest BCUT2D eigenvalue weighted by Gasteiger charge is 2.18. The van der Waals surface area contributed by atoms with Gasteiger partial charge in [-0.15, -0.1) is 0 Å². The standard InChI is InChI=1S/C10H13N5O2S/c1-15(2)18(16,17)6-3-4-8-7(5-6)9(11)14-10(12)13-8/h3-5H,1-2H3,(H4,11,12,13,14). The highest BCUT2D eigenvalue weighted by Crippen LogP contribution is 2.23. The van der Waals surface area contributed by atoms with Crippen molar-refractivity contribution in [3.8, 4) is 0 Å². The molecule has 8 heteroatoms. The summed E-state index contributed by atoms with van der Waals surface area (Å²) in [5.74, 6) is 0.219. The maximum Gasteiger partial charge on any atom is 0.242 e. The number of nitrogens with zero attached hydrogens (tertiary/aromatic N) is 3. The van der Waals surface area contributed by atoms with Crippen molar-refractivity contribution in [3.63, 3.8) is 0 Å². The fraction of sp³-hybridized carbons (Fsp3) is 0.200. The monoisotopic (exact) mass is 267 g/mol. The van der Waals surface area contributed by atoms with Crippen molar-refractivity contribution in [1.82, 2.24) is 14.3 Å². The van der Waals surface area contributed by atoms with Crippen LogP contribution in [0, 0.1) is 0 Å². The molecular formula is C10H13N5O2S. The van der Waals surface area contributed by atoms with E-state index in [0.717, 1.165) is 4.31 Å². The Kier molecular flexibility index (Phi) is 2.83. The normalized spacial score (nSPS) is 12.2. The minimum atomic E-state index is -3.50. The van der Waals surface area contributed by atoms with E-state index in [0.29, 0.717) is 10.9 Å². The fourth-order valence-corrected chi connectivity index (χ4v) is 2.45. The van der Waals surface area contributed by atoms with Gasteiger partial charge in [-0.2, -0.15) is 4.98 Å². The molecule has 0 saturated heterocycles. The molecule has 2 aromatic rings. The molecule has 1 aromatic heterocycles. The zero-order valence-corrected chi connectivity index (χ0v) is 10.8. The average Bonchev–Trinajstić information content (AvgIpc) is 2.27. The predicted molar refractivity (Wildman–Crippen MR) is 69.2 cm³/mol. The van der Waals surface area contributed by atoms with Crippen LogP contribution in [-0.2, 0) is 10.0 Å². The third-order valence-electron chi connectivity index (χ3n) is 2.49. The number of benzene rings is 1. The molecule has 2 rings (SSSR count). The lowest BCUT2D eigenvalue weighted by atomic mass is 10.2. The van der Waals surface area contributed by atoms with Crippen LogP contribution < -0.4 is 11.5 Å². The minimum absolute atomic E-state index is 0.0585. The van der Waals surface area contributed by atoms with Gasteiger partial charge in [0.1, 0.15) is 5.82 Å². The summed E-state index contributed by atoms with van der Waals surface area (Å²) in [5, 5.41) is 0.465. The van der Waals surface area contributed by atoms with Crippen LogP contribution >= 0.6 is 0 Å². The fourth-order valence-electron chi connectivity index (χ4n) is 1.52. The van der Waals surface area contributed by atoms with E-state index in [1.54, 1.807) is 6.07 Å². The van der Waals surface area contributed by atoms with Gasteiger partial charge in [0.15, 0.2) is 0 Å². The van der Waals surface area contributed by atoms with Crippen LogP contribution in [0.4, 0.5) is 11.8 Å². The van der Waals surface area contributed by atoms with E-state index in [1.807, 2.05) is 0 Å². The van der Waals surface area contributed by atoms with Gasteiger partial charge >= 0.3 is 0 Å². The van der Waals surface area contributed by atoms with Crippen molar-refractivity contribution in [1.29, 1.82) is 0 Å². The van der Waals surface area contributed by atoms with Crippen molar-refractivity contribution < 1.29 is 8.42 Å². The summed E-state index contributed by atoms with van der Waals surface area (Å²) in [6, 6.07) is 4.46. The molecule has 0 aliphatic carbocycles. The van der Waals surface area contributed by atoms with Crippen LogP contribution in [0.25, 0.3) is 10.9 Å². The Hall–Kier alpha value is -1.93. The number of rotatable bonds is 2. The van der Waals surface area contributed by atoms with Gasteiger partial charge < -0.3 is 11.5 Å². The van der Waals surface area contributed by atoms with Gasteiger partial charge in [-0.1, -0.05) is 0 Å². The van der Waals surface area contributed by atoms with E-state index in [1.165, 1.54) is 26.2 Å². The van der Waals surface area contributed by atoms with Gasteiger partial charge in [0.2, 0.25) is 16.0 Å². The van der Waals surface area contributed by atoms with E-state index >= 15 is 0 Å². The highest BCUT2D eigenvalue weighted by molar-refractivity contribution is 7.89. The number of hydrogen-bond acceptors (Lipinski definition) is 6. The maximum absolute atomic E-state index is 12.0. The lowest BCUT2D eigenvalue weighted by Gasteiger charge is -2.12. The summed E-state index contributed by atoms with van der Waals surface area (Å²) < 4.78 is 25.1. The summed E-state index contributed by atoms with van der Waals surface area (Å²) in [4.78, 5) is 7.93. The van der Waals surface area contributed by atoms with Crippen molar-refractivity contribution in [2.24, 2.45) is 0 Å². The van der Waals surface area contributed by atoms with E-state index in [9.17, 15) is 8.42 Å². The second kappa shape index (κ2) is 4.07. The first-order valence-electron chi connectivity index (χ1n) is 5.07. The molecule has 96 valence electrons. The molecule has 1 aromatic carbocycles. The molecule has 4 N–H and O–H groups in total. The molecule has 0 aliphatic heterocycles. The van der Waals surface area contributed by atoms with Crippen LogP contribution in [0.2, 0.25) is 0 Å². The molecule has 0 aliphatic rings. The zero-order valence-electron chi connectivity index (χ0n) is 9.95. The van der Waals surface area contributed by atoms with E-state index in [4.69, 9.17) is 11.5 Å². The number of nitrogen functional groups attached to an aromatic ring is 2. The number of hydrogen-bond donors (Lipinski definition) is 2. The van der Waals surface area contributed by atoms with Crippen molar-refractivity contribution in [3.05, 3.63) is 18.2 Å². The zero-order chi connectivity index (χ0) is 13.5. The lowest BCUT2D eigenvalue weighted by Crippen LogP contribution is -2.22. The van der Waals surface area contributed by atoms with Crippen molar-refractivity contribution in [2.45, 2.75) is 4.90 Å². The minimum Gasteiger partial charge on any atom is -0.383 e. The Morgan fingerprint density at radius 2 is 1.83 bits per heavy atom. The molecule has 0 unspecified atom stereocenters. The summed E-state index contributed by atoms with van der Waals surface area (Å²) in [6.45, 7) is 0. The highest BCUT2D eigenvalue weighted by atomic mass is 32.2. The Labute approximate surface area is 104 Å². The van der Waals surface area contributed by atoms with Crippen molar-refractivity contribution in [2.75, 3.05) is 25.6 Å². The second-order valence-electron chi connectivity index (χ2n) is 3.93. The predicted octanol–water partition coefficient (Wildman–Crippen LogP) is 0.0445. The topological polar surface area (TPSA) is 115 Å². The summed E-state index contributed by atoms with van der Waals surface area (Å²) >= 11 is 0. The lowest BCUT2D eigenvalue weighted by molar-refractivity contribution is 0.521. The SMILES string of the molecule is CN(C)S(=O)(=O)c1ccc2nc(N)nc(N)c2c1. The van der Waals surface area contributed by atoms with Crippen LogP contribution in [0.3, 0.4) is 0 Å². The number of aromatic nitrogens is 2. The largest absolute Gasteiger partial charge is 0.383 e. The first kappa shape index (κ1) is 12.5. The molecular weight excluding hydrogens is 254 g/mol. The van der Waals surface area contributed by atoms with Gasteiger partial charge in [0.25, 0.3) is 0 Å². The molecule has 0 atom stereocenters. The van der Waals surface area contributed by atoms with Crippen LogP contribution in [0.5, 0.6) is 0 Å². The number of fused-ring (bicyclic) bond motifs is 1. The van der Waals surface area contributed by atoms with Gasteiger partial charge in [-0.25, -0.2) is 17.7 Å². The third-order valence-corrected chi connectivity index (χ3v) is 4.30. The second-order valence-corrected chi connectivity index (χ2v) is 6.09. The maximum atomic E-state index is 12.0. The van der Waals surface area contributed by atoms with Crippen LogP contribution in [0.1, 0.15) is 0 Å². The Balaban J connectivity index is 2.73. The van der Waals surface area contributed by atoms with E-state index < -0.39 is 10.0 Å².